The molecule has 1 aliphatic carbocycles. The Kier molecular flexibility index (Phi) is 3.15. The van der Waals surface area contributed by atoms with Gasteiger partial charge in [-0.1, -0.05) is 26.8 Å². The first kappa shape index (κ1) is 12.1. The maximum atomic E-state index is 3.72. The maximum absolute atomic E-state index is 3.72. The Bertz CT molecular complexity index is 336. The fourth-order valence-electron chi connectivity index (χ4n) is 2.04. The quantitative estimate of drug-likeness (QED) is 0.821. The fraction of sp³-hybridized carbons (Fsp3) is 0.714. The molecule has 0 bridgehead atoms. The molecule has 1 aromatic rings. The lowest BCUT2D eigenvalue weighted by atomic mass is 9.90. The van der Waals surface area contributed by atoms with Gasteiger partial charge in [0, 0.05) is 22.9 Å². The third-order valence-corrected chi connectivity index (χ3v) is 5.36. The Hall–Kier alpha value is -0.340. The van der Waals surface area contributed by atoms with Gasteiger partial charge in [-0.2, -0.15) is 0 Å². The third-order valence-electron chi connectivity index (χ3n) is 4.12. The first-order valence-corrected chi connectivity index (χ1v) is 7.09. The van der Waals surface area contributed by atoms with E-state index in [2.05, 4.69) is 50.5 Å². The van der Waals surface area contributed by atoms with E-state index in [1.54, 1.807) is 0 Å². The lowest BCUT2D eigenvalue weighted by Crippen LogP contribution is -2.41. The normalized spacial score (nSPS) is 20.8. The molecular weight excluding hydrogens is 214 g/mol. The summed E-state index contributed by atoms with van der Waals surface area (Å²) < 4.78 is 0. The summed E-state index contributed by atoms with van der Waals surface area (Å²) in [6, 6.07) is 5.04. The van der Waals surface area contributed by atoms with Crippen molar-refractivity contribution in [1.29, 1.82) is 0 Å². The van der Waals surface area contributed by atoms with Gasteiger partial charge in [0.15, 0.2) is 0 Å². The molecule has 1 unspecified atom stereocenters. The highest BCUT2D eigenvalue weighted by Gasteiger charge is 2.42. The van der Waals surface area contributed by atoms with Gasteiger partial charge < -0.3 is 5.32 Å². The molecule has 0 spiro atoms. The molecule has 2 rings (SSSR count). The van der Waals surface area contributed by atoms with Crippen LogP contribution in [-0.4, -0.2) is 12.6 Å². The first-order chi connectivity index (χ1) is 7.44. The number of thiophene rings is 1. The van der Waals surface area contributed by atoms with Gasteiger partial charge >= 0.3 is 0 Å². The summed E-state index contributed by atoms with van der Waals surface area (Å²) in [6.07, 6.45) is 2.78. The minimum absolute atomic E-state index is 0.258. The molecule has 1 atom stereocenters. The van der Waals surface area contributed by atoms with Crippen molar-refractivity contribution in [2.75, 3.05) is 6.54 Å². The second kappa shape index (κ2) is 4.15. The van der Waals surface area contributed by atoms with Crippen LogP contribution in [0.5, 0.6) is 0 Å². The number of nitrogens with one attached hydrogen (secondary N) is 1. The predicted molar refractivity (Wildman–Crippen MR) is 72.2 cm³/mol. The van der Waals surface area contributed by atoms with Gasteiger partial charge in [0.2, 0.25) is 0 Å². The molecule has 90 valence electrons. The zero-order valence-corrected chi connectivity index (χ0v) is 11.7. The van der Waals surface area contributed by atoms with Gasteiger partial charge in [-0.15, -0.1) is 11.3 Å². The molecule has 0 radical (unpaired) electrons. The molecule has 1 N–H and O–H groups in total. The summed E-state index contributed by atoms with van der Waals surface area (Å²) in [5, 5.41) is 5.89. The van der Waals surface area contributed by atoms with E-state index in [1.807, 2.05) is 11.3 Å². The van der Waals surface area contributed by atoms with E-state index in [9.17, 15) is 0 Å². The Morgan fingerprint density at radius 3 is 2.69 bits per heavy atom. The lowest BCUT2D eigenvalue weighted by molar-refractivity contribution is 0.345. The zero-order chi connectivity index (χ0) is 11.8. The predicted octanol–water partition coefficient (Wildman–Crippen LogP) is 3.80. The molecule has 2 heteroatoms. The molecule has 0 saturated heterocycles. The smallest absolute Gasteiger partial charge is 0.0115 e. The Morgan fingerprint density at radius 1 is 1.50 bits per heavy atom. The molecule has 0 aromatic carbocycles. The van der Waals surface area contributed by atoms with Crippen molar-refractivity contribution in [3.05, 3.63) is 22.4 Å². The van der Waals surface area contributed by atoms with Gasteiger partial charge in [-0.3, -0.25) is 0 Å². The molecule has 1 aromatic heterocycles. The summed E-state index contributed by atoms with van der Waals surface area (Å²) >= 11 is 1.86. The highest BCUT2D eigenvalue weighted by molar-refractivity contribution is 7.10. The van der Waals surface area contributed by atoms with Crippen LogP contribution in [0.4, 0.5) is 0 Å². The van der Waals surface area contributed by atoms with Crippen molar-refractivity contribution < 1.29 is 0 Å². The van der Waals surface area contributed by atoms with Crippen molar-refractivity contribution in [2.24, 2.45) is 5.41 Å². The third kappa shape index (κ3) is 2.49. The molecule has 16 heavy (non-hydrogen) atoms. The van der Waals surface area contributed by atoms with Crippen LogP contribution in [0, 0.1) is 5.41 Å². The summed E-state index contributed by atoms with van der Waals surface area (Å²) in [5.41, 5.74) is 0.833. The lowest BCUT2D eigenvalue weighted by Gasteiger charge is -2.28. The van der Waals surface area contributed by atoms with Crippen LogP contribution < -0.4 is 5.32 Å². The van der Waals surface area contributed by atoms with Crippen molar-refractivity contribution in [3.8, 4) is 0 Å². The Morgan fingerprint density at radius 2 is 2.19 bits per heavy atom. The van der Waals surface area contributed by atoms with E-state index in [0.717, 1.165) is 6.54 Å². The second-order valence-corrected chi connectivity index (χ2v) is 7.07. The Labute approximate surface area is 103 Å². The topological polar surface area (TPSA) is 12.0 Å². The summed E-state index contributed by atoms with van der Waals surface area (Å²) in [5.74, 6) is 0. The van der Waals surface area contributed by atoms with Gasteiger partial charge in [-0.05, 0) is 36.6 Å². The van der Waals surface area contributed by atoms with Crippen molar-refractivity contribution in [2.45, 2.75) is 52.0 Å². The average molecular weight is 237 g/mol. The molecule has 1 fully saturated rings. The molecule has 0 amide bonds. The Balaban J connectivity index is 1.89. The van der Waals surface area contributed by atoms with Crippen molar-refractivity contribution >= 4 is 11.3 Å². The minimum Gasteiger partial charge on any atom is -0.313 e. The van der Waals surface area contributed by atoms with Gasteiger partial charge in [0.05, 0.1) is 0 Å². The largest absolute Gasteiger partial charge is 0.313 e. The molecular formula is C14H23NS. The summed E-state index contributed by atoms with van der Waals surface area (Å²) in [4.78, 5) is 1.48. The SMILES string of the molecule is CC(NCC(C)(C)c1cccs1)C1(C)CC1. The molecule has 1 saturated carbocycles. The van der Waals surface area contributed by atoms with Crippen molar-refractivity contribution in [3.63, 3.8) is 0 Å². The van der Waals surface area contributed by atoms with E-state index < -0.39 is 0 Å². The number of hydrogen-bond acceptors (Lipinski definition) is 2. The van der Waals surface area contributed by atoms with Crippen molar-refractivity contribution in [1.82, 2.24) is 5.32 Å². The average Bonchev–Trinajstić information content (AvgIpc) is 2.80. The second-order valence-electron chi connectivity index (χ2n) is 6.12. The van der Waals surface area contributed by atoms with E-state index in [4.69, 9.17) is 0 Å². The standard InChI is InChI=1S/C14H23NS/c1-11(14(4)7-8-14)15-10-13(2,3)12-6-5-9-16-12/h5-6,9,11,15H,7-8,10H2,1-4H3. The summed E-state index contributed by atoms with van der Waals surface area (Å²) in [7, 11) is 0. The van der Waals surface area contributed by atoms with Crippen LogP contribution in [-0.2, 0) is 5.41 Å². The highest BCUT2D eigenvalue weighted by atomic mass is 32.1. The fourth-order valence-corrected chi connectivity index (χ4v) is 2.89. The minimum atomic E-state index is 0.258. The van der Waals surface area contributed by atoms with Crippen LogP contribution in [0.3, 0.4) is 0 Å². The monoisotopic (exact) mass is 237 g/mol. The molecule has 1 aliphatic rings. The first-order valence-electron chi connectivity index (χ1n) is 6.21. The van der Waals surface area contributed by atoms with E-state index in [-0.39, 0.29) is 5.41 Å². The van der Waals surface area contributed by atoms with Crippen LogP contribution in [0.15, 0.2) is 17.5 Å². The van der Waals surface area contributed by atoms with Crippen LogP contribution in [0.25, 0.3) is 0 Å². The molecule has 0 aliphatic heterocycles. The van der Waals surface area contributed by atoms with Crippen LogP contribution >= 0.6 is 11.3 Å². The van der Waals surface area contributed by atoms with Gasteiger partial charge in [0.25, 0.3) is 0 Å². The molecule has 1 heterocycles. The van der Waals surface area contributed by atoms with E-state index in [1.165, 1.54) is 17.7 Å². The molecule has 1 nitrogen and oxygen atoms in total. The van der Waals surface area contributed by atoms with E-state index >= 15 is 0 Å². The number of hydrogen-bond donors (Lipinski definition) is 1. The van der Waals surface area contributed by atoms with Gasteiger partial charge in [0.1, 0.15) is 0 Å². The van der Waals surface area contributed by atoms with Crippen LogP contribution in [0.2, 0.25) is 0 Å². The van der Waals surface area contributed by atoms with Crippen LogP contribution in [0.1, 0.15) is 45.4 Å². The highest BCUT2D eigenvalue weighted by Crippen LogP contribution is 2.48. The van der Waals surface area contributed by atoms with E-state index in [0.29, 0.717) is 11.5 Å². The van der Waals surface area contributed by atoms with Gasteiger partial charge in [-0.25, -0.2) is 0 Å². The maximum Gasteiger partial charge on any atom is 0.0115 e. The number of rotatable bonds is 5. The zero-order valence-electron chi connectivity index (χ0n) is 10.8. The summed E-state index contributed by atoms with van der Waals surface area (Å²) in [6.45, 7) is 10.5.